The number of nitrogen functional groups attached to an aromatic ring is 1. The summed E-state index contributed by atoms with van der Waals surface area (Å²) >= 11 is 0. The Hall–Kier alpha value is -2.42. The number of imidazole rings is 1. The van der Waals surface area contributed by atoms with Crippen molar-refractivity contribution in [3.63, 3.8) is 0 Å². The maximum absolute atomic E-state index is 14.9. The van der Waals surface area contributed by atoms with Crippen LogP contribution in [-0.2, 0) is 4.74 Å². The summed E-state index contributed by atoms with van der Waals surface area (Å²) in [5, 5.41) is 9.95. The predicted octanol–water partition coefficient (Wildman–Crippen LogP) is 1.14. The molecule has 0 spiro atoms. The van der Waals surface area contributed by atoms with Crippen LogP contribution in [0.2, 0.25) is 0 Å². The lowest BCUT2D eigenvalue weighted by atomic mass is 10.0. The topological polar surface area (TPSA) is 102 Å². The number of fused-ring (bicyclic) bond motifs is 1. The first-order valence-corrected chi connectivity index (χ1v) is 7.76. The highest BCUT2D eigenvalue weighted by Crippen LogP contribution is 2.44. The third-order valence-electron chi connectivity index (χ3n) is 4.69. The molecule has 4 rings (SSSR count). The minimum Gasteiger partial charge on any atom is -0.469 e. The van der Waals surface area contributed by atoms with E-state index in [9.17, 15) is 9.50 Å². The summed E-state index contributed by atoms with van der Waals surface area (Å²) in [6.07, 6.45) is 1.05. The van der Waals surface area contributed by atoms with Gasteiger partial charge in [0.25, 0.3) is 0 Å². The first-order valence-electron chi connectivity index (χ1n) is 7.76. The summed E-state index contributed by atoms with van der Waals surface area (Å²) < 4.78 is 21.8. The zero-order valence-corrected chi connectivity index (χ0v) is 13.5. The maximum Gasteiger partial charge on any atom is 0.224 e. The second kappa shape index (κ2) is 4.79. The third-order valence-corrected chi connectivity index (χ3v) is 4.69. The SMILES string of the molecule is C=C1O[C@@H](n2cnc3c(N(C)C4CC4)nc(N)nc32)[C@](C)(F)[C@@H]1O. The molecule has 0 unspecified atom stereocenters. The van der Waals surface area contributed by atoms with Crippen molar-refractivity contribution >= 4 is 22.9 Å². The molecule has 0 amide bonds. The molecule has 1 saturated carbocycles. The molecule has 24 heavy (non-hydrogen) atoms. The number of hydrogen-bond donors (Lipinski definition) is 2. The van der Waals surface area contributed by atoms with Crippen LogP contribution in [0.15, 0.2) is 18.7 Å². The molecule has 2 aliphatic rings. The van der Waals surface area contributed by atoms with Crippen LogP contribution < -0.4 is 10.6 Å². The zero-order valence-electron chi connectivity index (χ0n) is 13.5. The molecule has 1 aliphatic carbocycles. The molecule has 1 saturated heterocycles. The quantitative estimate of drug-likeness (QED) is 0.867. The standard InChI is InChI=1S/C15H19FN6O2/c1-7-10(23)15(2,16)13(24-7)22-6-18-9-11(21(3)8-4-5-8)19-14(17)20-12(9)22/h6,8,10,13,23H,1,4-5H2,2-3H3,(H2,17,19,20)/t10-,13-,15-/m1/s1. The van der Waals surface area contributed by atoms with Crippen molar-refractivity contribution in [2.45, 2.75) is 43.8 Å². The summed E-state index contributed by atoms with van der Waals surface area (Å²) in [6, 6.07) is 0.406. The van der Waals surface area contributed by atoms with Gasteiger partial charge >= 0.3 is 0 Å². The van der Waals surface area contributed by atoms with Gasteiger partial charge in [0.05, 0.1) is 0 Å². The summed E-state index contributed by atoms with van der Waals surface area (Å²) in [7, 11) is 1.93. The fourth-order valence-electron chi connectivity index (χ4n) is 3.07. The lowest BCUT2D eigenvalue weighted by molar-refractivity contribution is -0.0308. The summed E-state index contributed by atoms with van der Waals surface area (Å²) in [5.41, 5.74) is 4.66. The molecule has 0 aromatic carbocycles. The molecule has 1 aliphatic heterocycles. The van der Waals surface area contributed by atoms with Gasteiger partial charge in [0.1, 0.15) is 18.2 Å². The Balaban J connectivity index is 1.85. The Kier molecular flexibility index (Phi) is 3.02. The Morgan fingerprint density at radius 2 is 2.21 bits per heavy atom. The lowest BCUT2D eigenvalue weighted by Gasteiger charge is -2.23. The molecule has 3 atom stereocenters. The number of halogens is 1. The molecule has 3 N–H and O–H groups in total. The van der Waals surface area contributed by atoms with Gasteiger partial charge in [-0.1, -0.05) is 6.58 Å². The molecule has 128 valence electrons. The van der Waals surface area contributed by atoms with Crippen LogP contribution in [0.3, 0.4) is 0 Å². The van der Waals surface area contributed by atoms with Crippen molar-refractivity contribution in [3.8, 4) is 0 Å². The molecule has 2 aromatic heterocycles. The van der Waals surface area contributed by atoms with E-state index in [1.807, 2.05) is 11.9 Å². The van der Waals surface area contributed by atoms with E-state index in [2.05, 4.69) is 21.5 Å². The van der Waals surface area contributed by atoms with E-state index >= 15 is 0 Å². The number of alkyl halides is 1. The number of aromatic nitrogens is 4. The number of anilines is 2. The van der Waals surface area contributed by atoms with Crippen molar-refractivity contribution in [2.24, 2.45) is 0 Å². The molecule has 2 aromatic rings. The zero-order chi connectivity index (χ0) is 17.2. The Morgan fingerprint density at radius 3 is 2.79 bits per heavy atom. The van der Waals surface area contributed by atoms with E-state index in [0.717, 1.165) is 12.8 Å². The number of hydrogen-bond acceptors (Lipinski definition) is 7. The molecule has 2 fully saturated rings. The van der Waals surface area contributed by atoms with Gasteiger partial charge in [0.2, 0.25) is 12.2 Å². The second-order valence-electron chi connectivity index (χ2n) is 6.56. The van der Waals surface area contributed by atoms with E-state index in [1.54, 1.807) is 0 Å². The highest BCUT2D eigenvalue weighted by molar-refractivity contribution is 5.85. The minimum atomic E-state index is -2.06. The molecule has 0 bridgehead atoms. The molecule has 0 radical (unpaired) electrons. The normalized spacial score (nSPS) is 29.9. The van der Waals surface area contributed by atoms with E-state index in [4.69, 9.17) is 10.5 Å². The first-order chi connectivity index (χ1) is 11.3. The van der Waals surface area contributed by atoms with Gasteiger partial charge < -0.3 is 20.5 Å². The smallest absolute Gasteiger partial charge is 0.224 e. The summed E-state index contributed by atoms with van der Waals surface area (Å²) in [5.74, 6) is 0.658. The summed E-state index contributed by atoms with van der Waals surface area (Å²) in [4.78, 5) is 14.8. The van der Waals surface area contributed by atoms with E-state index < -0.39 is 18.0 Å². The fourth-order valence-corrected chi connectivity index (χ4v) is 3.07. The van der Waals surface area contributed by atoms with Gasteiger partial charge in [-0.15, -0.1) is 0 Å². The highest BCUT2D eigenvalue weighted by Gasteiger charge is 2.53. The van der Waals surface area contributed by atoms with Crippen molar-refractivity contribution in [2.75, 3.05) is 17.7 Å². The Labute approximate surface area is 137 Å². The Bertz CT molecular complexity index is 831. The van der Waals surface area contributed by atoms with Gasteiger partial charge in [-0.3, -0.25) is 4.57 Å². The lowest BCUT2D eigenvalue weighted by Crippen LogP contribution is -2.36. The van der Waals surface area contributed by atoms with Crippen LogP contribution in [0.25, 0.3) is 11.2 Å². The van der Waals surface area contributed by atoms with Crippen molar-refractivity contribution in [3.05, 3.63) is 18.7 Å². The number of ether oxygens (including phenoxy) is 1. The van der Waals surface area contributed by atoms with E-state index in [0.29, 0.717) is 23.0 Å². The van der Waals surface area contributed by atoms with Gasteiger partial charge in [-0.2, -0.15) is 9.97 Å². The monoisotopic (exact) mass is 334 g/mol. The van der Waals surface area contributed by atoms with Crippen LogP contribution in [0.1, 0.15) is 26.0 Å². The average Bonchev–Trinajstić information content (AvgIpc) is 3.27. The number of aliphatic hydroxyl groups is 1. The van der Waals surface area contributed by atoms with Crippen molar-refractivity contribution in [1.29, 1.82) is 0 Å². The van der Waals surface area contributed by atoms with Gasteiger partial charge in [0, 0.05) is 13.1 Å². The van der Waals surface area contributed by atoms with E-state index in [1.165, 1.54) is 17.8 Å². The number of nitrogens with two attached hydrogens (primary N) is 1. The molecule has 8 nitrogen and oxygen atoms in total. The fraction of sp³-hybridized carbons (Fsp3) is 0.533. The largest absolute Gasteiger partial charge is 0.469 e. The van der Waals surface area contributed by atoms with Crippen LogP contribution in [0.4, 0.5) is 16.2 Å². The maximum atomic E-state index is 14.9. The van der Waals surface area contributed by atoms with Crippen LogP contribution in [0, 0.1) is 0 Å². The first kappa shape index (κ1) is 15.1. The highest BCUT2D eigenvalue weighted by atomic mass is 19.1. The van der Waals surface area contributed by atoms with Gasteiger partial charge in [-0.25, -0.2) is 9.37 Å². The average molecular weight is 334 g/mol. The molecule has 3 heterocycles. The molecular formula is C15H19FN6O2. The number of rotatable bonds is 3. The third kappa shape index (κ3) is 2.04. The van der Waals surface area contributed by atoms with Crippen LogP contribution in [-0.4, -0.2) is 49.5 Å². The van der Waals surface area contributed by atoms with Crippen molar-refractivity contribution in [1.82, 2.24) is 19.5 Å². The van der Waals surface area contributed by atoms with Gasteiger partial charge in [0.15, 0.2) is 22.7 Å². The van der Waals surface area contributed by atoms with Crippen LogP contribution >= 0.6 is 0 Å². The number of nitrogens with zero attached hydrogens (tertiary/aromatic N) is 5. The Morgan fingerprint density at radius 1 is 1.50 bits per heavy atom. The van der Waals surface area contributed by atoms with Crippen molar-refractivity contribution < 1.29 is 14.2 Å². The summed E-state index contributed by atoms with van der Waals surface area (Å²) in [6.45, 7) is 4.81. The molecule has 9 heteroatoms. The predicted molar refractivity (Wildman–Crippen MR) is 85.9 cm³/mol. The van der Waals surface area contributed by atoms with Crippen LogP contribution in [0.5, 0.6) is 0 Å². The van der Waals surface area contributed by atoms with Gasteiger partial charge in [-0.05, 0) is 19.8 Å². The minimum absolute atomic E-state index is 0.0239. The second-order valence-corrected chi connectivity index (χ2v) is 6.56. The molecular weight excluding hydrogens is 315 g/mol. The van der Waals surface area contributed by atoms with E-state index in [-0.39, 0.29) is 11.7 Å². The number of aliphatic hydroxyl groups excluding tert-OH is 1.